The highest BCUT2D eigenvalue weighted by Gasteiger charge is 2.35. The summed E-state index contributed by atoms with van der Waals surface area (Å²) in [5.74, 6) is 0.985. The predicted molar refractivity (Wildman–Crippen MR) is 131 cm³/mol. The van der Waals surface area contributed by atoms with E-state index in [-0.39, 0.29) is 17.2 Å². The number of fused-ring (bicyclic) bond motifs is 1. The number of hydrogen-bond donors (Lipinski definition) is 0. The Hall–Kier alpha value is -2.77. The van der Waals surface area contributed by atoms with Gasteiger partial charge in [-0.3, -0.25) is 4.79 Å². The average molecular weight is 463 g/mol. The maximum Gasteiger partial charge on any atom is 0.272 e. The van der Waals surface area contributed by atoms with Gasteiger partial charge in [0, 0.05) is 35.5 Å². The van der Waals surface area contributed by atoms with Crippen LogP contribution < -0.4 is 0 Å². The molecule has 1 aromatic carbocycles. The summed E-state index contributed by atoms with van der Waals surface area (Å²) in [7, 11) is 2.15. The minimum atomic E-state index is -0.0960. The Balaban J connectivity index is 1.35. The number of hydrogen-bond acceptors (Lipinski definition) is 6. The second-order valence-corrected chi connectivity index (χ2v) is 10.2. The zero-order valence-corrected chi connectivity index (χ0v) is 20.4. The van der Waals surface area contributed by atoms with Crippen LogP contribution in [0.3, 0.4) is 0 Å². The minimum absolute atomic E-state index is 0.0275. The molecule has 0 radical (unpaired) electrons. The molecule has 0 bridgehead atoms. The number of carbonyl (C=O) groups is 1. The van der Waals surface area contributed by atoms with Crippen LogP contribution in [0.25, 0.3) is 11.0 Å². The molecule has 180 valence electrons. The number of rotatable bonds is 4. The highest BCUT2D eigenvalue weighted by atomic mass is 16.5. The van der Waals surface area contributed by atoms with Crippen molar-refractivity contribution in [3.05, 3.63) is 59.4 Å². The van der Waals surface area contributed by atoms with E-state index in [0.717, 1.165) is 54.8 Å². The van der Waals surface area contributed by atoms with Gasteiger partial charge in [0.05, 0.1) is 19.5 Å². The van der Waals surface area contributed by atoms with Crippen LogP contribution >= 0.6 is 0 Å². The number of benzene rings is 1. The van der Waals surface area contributed by atoms with E-state index in [2.05, 4.69) is 24.9 Å². The van der Waals surface area contributed by atoms with Gasteiger partial charge in [-0.2, -0.15) is 0 Å². The molecule has 1 atom stereocenters. The lowest BCUT2D eigenvalue weighted by atomic mass is 9.79. The molecule has 2 aliphatic heterocycles. The summed E-state index contributed by atoms with van der Waals surface area (Å²) >= 11 is 0. The van der Waals surface area contributed by atoms with Crippen LogP contribution in [0.1, 0.15) is 47.3 Å². The SMILES string of the molecule is Cc1cc(C(=O)N2CCOCC(Cc3cccc4occc34)C2)nc(C2(C)CCN(C)CC2)n1. The molecule has 1 amide bonds. The topological polar surface area (TPSA) is 71.7 Å². The molecular weight excluding hydrogens is 428 g/mol. The molecule has 7 heteroatoms. The van der Waals surface area contributed by atoms with Gasteiger partial charge in [-0.15, -0.1) is 0 Å². The van der Waals surface area contributed by atoms with Crippen LogP contribution in [0.4, 0.5) is 0 Å². The smallest absolute Gasteiger partial charge is 0.272 e. The number of likely N-dealkylation sites (tertiary alicyclic amines) is 1. The van der Waals surface area contributed by atoms with E-state index in [1.165, 1.54) is 5.56 Å². The van der Waals surface area contributed by atoms with Gasteiger partial charge in [0.15, 0.2) is 0 Å². The van der Waals surface area contributed by atoms with Gasteiger partial charge in [-0.05, 0) is 70.1 Å². The van der Waals surface area contributed by atoms with Crippen molar-refractivity contribution in [2.24, 2.45) is 5.92 Å². The van der Waals surface area contributed by atoms with Crippen LogP contribution in [0, 0.1) is 12.8 Å². The van der Waals surface area contributed by atoms with Crippen molar-refractivity contribution in [1.82, 2.24) is 19.8 Å². The summed E-state index contributed by atoms with van der Waals surface area (Å²) in [5, 5.41) is 1.13. The van der Waals surface area contributed by atoms with Gasteiger partial charge >= 0.3 is 0 Å². The zero-order valence-electron chi connectivity index (χ0n) is 20.4. The number of aryl methyl sites for hydroxylation is 1. The van der Waals surface area contributed by atoms with E-state index in [4.69, 9.17) is 19.1 Å². The first-order valence-electron chi connectivity index (χ1n) is 12.3. The van der Waals surface area contributed by atoms with Gasteiger partial charge < -0.3 is 19.0 Å². The van der Waals surface area contributed by atoms with Crippen LogP contribution in [0.15, 0.2) is 41.0 Å². The Morgan fingerprint density at radius 2 is 2.00 bits per heavy atom. The van der Waals surface area contributed by atoms with Gasteiger partial charge in [0.2, 0.25) is 0 Å². The van der Waals surface area contributed by atoms with E-state index >= 15 is 0 Å². The average Bonchev–Trinajstić information content (AvgIpc) is 3.20. The van der Waals surface area contributed by atoms with Crippen molar-refractivity contribution in [3.8, 4) is 0 Å². The zero-order chi connectivity index (χ0) is 23.7. The number of piperidine rings is 1. The molecule has 2 aliphatic rings. The van der Waals surface area contributed by atoms with Crippen LogP contribution in [0.5, 0.6) is 0 Å². The van der Waals surface area contributed by atoms with Gasteiger partial charge in [-0.1, -0.05) is 19.1 Å². The van der Waals surface area contributed by atoms with E-state index in [0.29, 0.717) is 32.0 Å². The molecule has 5 rings (SSSR count). The molecule has 3 aromatic rings. The lowest BCUT2D eigenvalue weighted by Crippen LogP contribution is -2.41. The Morgan fingerprint density at radius 3 is 2.82 bits per heavy atom. The van der Waals surface area contributed by atoms with E-state index < -0.39 is 0 Å². The van der Waals surface area contributed by atoms with Crippen LogP contribution in [0.2, 0.25) is 0 Å². The first-order chi connectivity index (χ1) is 16.4. The minimum Gasteiger partial charge on any atom is -0.464 e. The van der Waals surface area contributed by atoms with Crippen molar-refractivity contribution in [2.75, 3.05) is 46.4 Å². The van der Waals surface area contributed by atoms with Gasteiger partial charge in [-0.25, -0.2) is 9.97 Å². The summed E-state index contributed by atoms with van der Waals surface area (Å²) in [4.78, 5) is 27.5. The fourth-order valence-corrected chi connectivity index (χ4v) is 5.18. The molecule has 0 N–H and O–H groups in total. The molecule has 1 unspecified atom stereocenters. The molecule has 34 heavy (non-hydrogen) atoms. The standard InChI is InChI=1S/C27H34N4O3/c1-19-15-23(29-26(28-19)27(2)8-10-30(3)11-9-27)25(32)31-12-14-33-18-20(17-31)16-21-5-4-6-24-22(21)7-13-34-24/h4-7,13,15,20H,8-12,14,16-18H2,1-3H3. The second-order valence-electron chi connectivity index (χ2n) is 10.2. The molecule has 2 saturated heterocycles. The quantitative estimate of drug-likeness (QED) is 0.587. The number of carbonyl (C=O) groups excluding carboxylic acids is 1. The van der Waals surface area contributed by atoms with E-state index in [1.807, 2.05) is 36.1 Å². The predicted octanol–water partition coefficient (Wildman–Crippen LogP) is 3.85. The van der Waals surface area contributed by atoms with Gasteiger partial charge in [0.25, 0.3) is 5.91 Å². The Labute approximate surface area is 201 Å². The molecule has 0 spiro atoms. The number of amides is 1. The molecule has 2 aromatic heterocycles. The van der Waals surface area contributed by atoms with Crippen molar-refractivity contribution in [3.63, 3.8) is 0 Å². The van der Waals surface area contributed by atoms with Crippen LogP contribution in [-0.4, -0.2) is 72.1 Å². The fourth-order valence-electron chi connectivity index (χ4n) is 5.18. The Bertz CT molecular complexity index is 1170. The number of nitrogens with zero attached hydrogens (tertiary/aromatic N) is 4. The Morgan fingerprint density at radius 1 is 1.18 bits per heavy atom. The monoisotopic (exact) mass is 462 g/mol. The molecule has 0 saturated carbocycles. The first-order valence-corrected chi connectivity index (χ1v) is 12.3. The molecule has 7 nitrogen and oxygen atoms in total. The molecule has 2 fully saturated rings. The summed E-state index contributed by atoms with van der Waals surface area (Å²) in [6.45, 7) is 8.63. The summed E-state index contributed by atoms with van der Waals surface area (Å²) in [5.41, 5.74) is 3.38. The highest BCUT2D eigenvalue weighted by molar-refractivity contribution is 5.92. The summed E-state index contributed by atoms with van der Waals surface area (Å²) < 4.78 is 11.5. The van der Waals surface area contributed by atoms with Crippen molar-refractivity contribution in [1.29, 1.82) is 0 Å². The van der Waals surface area contributed by atoms with E-state index in [9.17, 15) is 4.79 Å². The molecule has 0 aliphatic carbocycles. The maximum atomic E-state index is 13.6. The summed E-state index contributed by atoms with van der Waals surface area (Å²) in [6.07, 6.45) is 4.56. The maximum absolute atomic E-state index is 13.6. The molecule has 4 heterocycles. The lowest BCUT2D eigenvalue weighted by molar-refractivity contribution is 0.0730. The van der Waals surface area contributed by atoms with E-state index in [1.54, 1.807) is 6.26 Å². The Kier molecular flexibility index (Phi) is 6.40. The third-order valence-corrected chi connectivity index (χ3v) is 7.42. The van der Waals surface area contributed by atoms with Gasteiger partial charge in [0.1, 0.15) is 17.1 Å². The first kappa shape index (κ1) is 23.0. The lowest BCUT2D eigenvalue weighted by Gasteiger charge is -2.36. The second kappa shape index (κ2) is 9.47. The van der Waals surface area contributed by atoms with Crippen molar-refractivity contribution in [2.45, 2.75) is 38.5 Å². The number of ether oxygens (including phenoxy) is 1. The fraction of sp³-hybridized carbons (Fsp3) is 0.519. The number of aromatic nitrogens is 2. The highest BCUT2D eigenvalue weighted by Crippen LogP contribution is 2.33. The van der Waals surface area contributed by atoms with Crippen molar-refractivity contribution < 1.29 is 13.9 Å². The molecular formula is C27H34N4O3. The summed E-state index contributed by atoms with van der Waals surface area (Å²) in [6, 6.07) is 9.99. The largest absolute Gasteiger partial charge is 0.464 e. The normalized spacial score (nSPS) is 21.5. The van der Waals surface area contributed by atoms with Crippen molar-refractivity contribution >= 4 is 16.9 Å². The van der Waals surface area contributed by atoms with Crippen LogP contribution in [-0.2, 0) is 16.6 Å². The third-order valence-electron chi connectivity index (χ3n) is 7.42. The number of furan rings is 1. The third kappa shape index (κ3) is 4.72.